The van der Waals surface area contributed by atoms with Gasteiger partial charge in [0.25, 0.3) is 0 Å². The van der Waals surface area contributed by atoms with Gasteiger partial charge in [-0.25, -0.2) is 0 Å². The van der Waals surface area contributed by atoms with Gasteiger partial charge in [-0.05, 0) is 36.2 Å². The molecule has 2 aromatic carbocycles. The maximum Gasteiger partial charge on any atom is 0.329 e. The van der Waals surface area contributed by atoms with Crippen LogP contribution >= 0.6 is 23.2 Å². The van der Waals surface area contributed by atoms with Gasteiger partial charge in [0.2, 0.25) is 0 Å². The lowest BCUT2D eigenvalue weighted by Crippen LogP contribution is -2.26. The Morgan fingerprint density at radius 2 is 1.77 bits per heavy atom. The molecule has 6 heteroatoms. The fourth-order valence-corrected chi connectivity index (χ4v) is 4.07. The molecule has 0 aromatic heterocycles. The normalized spacial score (nSPS) is 26.4. The fourth-order valence-electron chi connectivity index (χ4n) is 3.70. The summed E-state index contributed by atoms with van der Waals surface area (Å²) in [6.45, 7) is 1.77. The molecule has 3 rings (SSSR count). The Hall–Kier alpha value is -2.53. The van der Waals surface area contributed by atoms with E-state index in [0.717, 1.165) is 0 Å². The van der Waals surface area contributed by atoms with Gasteiger partial charge in [-0.2, -0.15) is 10.5 Å². The predicted molar refractivity (Wildman–Crippen MR) is 97.6 cm³/mol. The Bertz CT molecular complexity index is 946. The summed E-state index contributed by atoms with van der Waals surface area (Å²) in [5, 5.41) is 21.0. The lowest BCUT2D eigenvalue weighted by molar-refractivity contribution is -0.148. The quantitative estimate of drug-likeness (QED) is 0.720. The molecule has 0 radical (unpaired) electrons. The van der Waals surface area contributed by atoms with Crippen LogP contribution in [0.2, 0.25) is 10.0 Å². The van der Waals surface area contributed by atoms with Crippen LogP contribution in [0.5, 0.6) is 0 Å². The van der Waals surface area contributed by atoms with Crippen molar-refractivity contribution in [1.82, 2.24) is 0 Å². The van der Waals surface area contributed by atoms with Crippen molar-refractivity contribution in [1.29, 1.82) is 10.5 Å². The molecule has 1 fully saturated rings. The lowest BCUT2D eigenvalue weighted by atomic mass is 9.87. The van der Waals surface area contributed by atoms with Crippen molar-refractivity contribution < 1.29 is 9.53 Å². The van der Waals surface area contributed by atoms with Gasteiger partial charge in [0.1, 0.15) is 5.41 Å². The zero-order chi connectivity index (χ0) is 18.9. The van der Waals surface area contributed by atoms with E-state index in [-0.39, 0.29) is 6.61 Å². The summed E-state index contributed by atoms with van der Waals surface area (Å²) in [5.74, 6) is -1.46. The van der Waals surface area contributed by atoms with Crippen molar-refractivity contribution >= 4 is 29.2 Å². The van der Waals surface area contributed by atoms with Crippen molar-refractivity contribution in [3.63, 3.8) is 0 Å². The minimum atomic E-state index is -1.67. The van der Waals surface area contributed by atoms with Crippen LogP contribution in [0.1, 0.15) is 24.0 Å². The zero-order valence-electron chi connectivity index (χ0n) is 13.9. The molecular formula is C20H14Cl2N2O2. The topological polar surface area (TPSA) is 73.9 Å². The number of hydrogen-bond donors (Lipinski definition) is 0. The molecule has 0 unspecified atom stereocenters. The summed E-state index contributed by atoms with van der Waals surface area (Å²) in [6.07, 6.45) is 0. The van der Waals surface area contributed by atoms with Gasteiger partial charge >= 0.3 is 5.97 Å². The summed E-state index contributed by atoms with van der Waals surface area (Å²) in [5.41, 5.74) is -1.97. The van der Waals surface area contributed by atoms with E-state index < -0.39 is 22.7 Å². The van der Waals surface area contributed by atoms with Gasteiger partial charge in [0.05, 0.1) is 18.7 Å². The van der Waals surface area contributed by atoms with E-state index in [1.54, 1.807) is 55.5 Å². The van der Waals surface area contributed by atoms with E-state index in [9.17, 15) is 15.3 Å². The molecule has 0 aliphatic heterocycles. The first-order valence-electron chi connectivity index (χ1n) is 7.99. The molecule has 0 N–H and O–H groups in total. The minimum absolute atomic E-state index is 0.111. The second kappa shape index (κ2) is 6.65. The number of nitriles is 2. The zero-order valence-corrected chi connectivity index (χ0v) is 15.4. The largest absolute Gasteiger partial charge is 0.465 e. The van der Waals surface area contributed by atoms with E-state index in [1.165, 1.54) is 0 Å². The van der Waals surface area contributed by atoms with Gasteiger partial charge in [-0.1, -0.05) is 53.5 Å². The molecule has 1 saturated carbocycles. The molecule has 0 bridgehead atoms. The maximum absolute atomic E-state index is 12.8. The third-order valence-electron chi connectivity index (χ3n) is 4.87. The number of carbonyl (C=O) groups excluding carboxylic acids is 1. The molecule has 1 aliphatic carbocycles. The second-order valence-electron chi connectivity index (χ2n) is 6.02. The number of ether oxygens (including phenoxy) is 1. The van der Waals surface area contributed by atoms with Crippen molar-refractivity contribution in [2.75, 3.05) is 6.61 Å². The molecule has 0 amide bonds. The number of carbonyl (C=O) groups is 1. The minimum Gasteiger partial charge on any atom is -0.465 e. The summed E-state index contributed by atoms with van der Waals surface area (Å²) >= 11 is 12.3. The molecule has 2 aromatic rings. The van der Waals surface area contributed by atoms with Crippen molar-refractivity contribution in [2.45, 2.75) is 18.3 Å². The van der Waals surface area contributed by atoms with Crippen LogP contribution in [0.4, 0.5) is 0 Å². The Labute approximate surface area is 161 Å². The number of hydrogen-bond acceptors (Lipinski definition) is 4. The van der Waals surface area contributed by atoms with Gasteiger partial charge in [0.15, 0.2) is 5.41 Å². The van der Waals surface area contributed by atoms with Gasteiger partial charge in [-0.3, -0.25) is 4.79 Å². The fraction of sp³-hybridized carbons (Fsp3) is 0.250. The van der Waals surface area contributed by atoms with Gasteiger partial charge < -0.3 is 4.74 Å². The third kappa shape index (κ3) is 2.31. The molecule has 0 heterocycles. The number of nitrogens with zero attached hydrogens (tertiary/aromatic N) is 2. The average molecular weight is 385 g/mol. The summed E-state index contributed by atoms with van der Waals surface area (Å²) in [6, 6.07) is 17.8. The van der Waals surface area contributed by atoms with Crippen molar-refractivity contribution in [2.24, 2.45) is 5.41 Å². The maximum atomic E-state index is 12.8. The van der Waals surface area contributed by atoms with E-state index in [2.05, 4.69) is 12.1 Å². The number of benzene rings is 2. The Morgan fingerprint density at radius 3 is 2.31 bits per heavy atom. The highest BCUT2D eigenvalue weighted by Gasteiger charge is 2.85. The monoisotopic (exact) mass is 384 g/mol. The summed E-state index contributed by atoms with van der Waals surface area (Å²) in [4.78, 5) is 12.8. The SMILES string of the molecule is CCOC(=O)[C@@]1(C#N)[C@H](c2ccccc2Cl)[C@@]1(C#N)c1ccc(Cl)cc1. The molecule has 0 spiro atoms. The average Bonchev–Trinajstić information content (AvgIpc) is 3.27. The van der Waals surface area contributed by atoms with E-state index >= 15 is 0 Å². The smallest absolute Gasteiger partial charge is 0.329 e. The van der Waals surface area contributed by atoms with Gasteiger partial charge in [0, 0.05) is 16.0 Å². The van der Waals surface area contributed by atoms with Crippen molar-refractivity contribution in [3.05, 3.63) is 69.7 Å². The van der Waals surface area contributed by atoms with Crippen LogP contribution in [0, 0.1) is 28.1 Å². The summed E-state index contributed by atoms with van der Waals surface area (Å²) < 4.78 is 5.17. The first-order chi connectivity index (χ1) is 12.5. The van der Waals surface area contributed by atoms with Crippen LogP contribution in [0.3, 0.4) is 0 Å². The van der Waals surface area contributed by atoms with Crippen LogP contribution in [-0.4, -0.2) is 12.6 Å². The molecule has 130 valence electrons. The van der Waals surface area contributed by atoms with E-state index in [4.69, 9.17) is 27.9 Å². The molecular weight excluding hydrogens is 371 g/mol. The number of esters is 1. The predicted octanol–water partition coefficient (Wildman–Crippen LogP) is 4.63. The first-order valence-corrected chi connectivity index (χ1v) is 8.75. The summed E-state index contributed by atoms with van der Waals surface area (Å²) in [7, 11) is 0. The molecule has 0 saturated heterocycles. The van der Waals surface area contributed by atoms with Crippen LogP contribution < -0.4 is 0 Å². The molecule has 3 atom stereocenters. The molecule has 4 nitrogen and oxygen atoms in total. The highest BCUT2D eigenvalue weighted by atomic mass is 35.5. The highest BCUT2D eigenvalue weighted by molar-refractivity contribution is 6.31. The lowest BCUT2D eigenvalue weighted by Gasteiger charge is -2.13. The Balaban J connectivity index is 2.27. The van der Waals surface area contributed by atoms with Crippen LogP contribution in [-0.2, 0) is 14.9 Å². The van der Waals surface area contributed by atoms with Crippen LogP contribution in [0.15, 0.2) is 48.5 Å². The molecule has 1 aliphatic rings. The van der Waals surface area contributed by atoms with E-state index in [1.807, 2.05) is 0 Å². The van der Waals surface area contributed by atoms with Crippen LogP contribution in [0.25, 0.3) is 0 Å². The van der Waals surface area contributed by atoms with E-state index in [0.29, 0.717) is 21.2 Å². The third-order valence-corrected chi connectivity index (χ3v) is 5.47. The Kier molecular flexibility index (Phi) is 4.67. The highest BCUT2D eigenvalue weighted by Crippen LogP contribution is 2.75. The van der Waals surface area contributed by atoms with Crippen molar-refractivity contribution in [3.8, 4) is 12.1 Å². The first kappa shape index (κ1) is 18.3. The Morgan fingerprint density at radius 1 is 1.12 bits per heavy atom. The molecule has 26 heavy (non-hydrogen) atoms. The number of rotatable bonds is 4. The van der Waals surface area contributed by atoms with Gasteiger partial charge in [-0.15, -0.1) is 0 Å². The second-order valence-corrected chi connectivity index (χ2v) is 6.87. The number of halogens is 2. The standard InChI is InChI=1S/C20H14Cl2N2O2/c1-2-26-18(25)20(12-24)17(15-5-3-4-6-16(15)22)19(20,11-23)13-7-9-14(21)10-8-13/h3-10,17H,2H2,1H3/t17-,19-,20-/m1/s1.